The van der Waals surface area contributed by atoms with Crippen molar-refractivity contribution in [3.63, 3.8) is 0 Å². The molecule has 2 heterocycles. The number of nitrogens with zero attached hydrogens (tertiary/aromatic N) is 3. The molecule has 3 nitrogen and oxygen atoms in total. The van der Waals surface area contributed by atoms with Crippen LogP contribution in [0.25, 0.3) is 5.52 Å². The number of hydrogen-bond acceptors (Lipinski definition) is 2. The molecular weight excluding hydrogens is 150 g/mol. The van der Waals surface area contributed by atoms with Crippen molar-refractivity contribution in [1.82, 2.24) is 9.61 Å². The molecule has 0 aromatic carbocycles. The van der Waals surface area contributed by atoms with Crippen LogP contribution in [0.4, 0.5) is 5.82 Å². The molecule has 0 spiro atoms. The van der Waals surface area contributed by atoms with E-state index < -0.39 is 0 Å². The van der Waals surface area contributed by atoms with E-state index in [1.807, 2.05) is 47.9 Å². The Morgan fingerprint density at radius 3 is 2.83 bits per heavy atom. The molecule has 62 valence electrons. The van der Waals surface area contributed by atoms with Gasteiger partial charge in [-0.05, 0) is 12.1 Å². The fraction of sp³-hybridized carbons (Fsp3) is 0.222. The molecule has 0 aliphatic carbocycles. The molecule has 0 aliphatic rings. The van der Waals surface area contributed by atoms with Crippen LogP contribution in [0.15, 0.2) is 30.5 Å². The highest BCUT2D eigenvalue weighted by Crippen LogP contribution is 2.11. The van der Waals surface area contributed by atoms with Crippen molar-refractivity contribution in [3.8, 4) is 0 Å². The number of pyridine rings is 1. The molecule has 0 saturated carbocycles. The van der Waals surface area contributed by atoms with Crippen LogP contribution in [0.1, 0.15) is 0 Å². The molecule has 3 heteroatoms. The molecule has 0 N–H and O–H groups in total. The van der Waals surface area contributed by atoms with Crippen LogP contribution in [0.2, 0.25) is 0 Å². The zero-order chi connectivity index (χ0) is 8.55. The average molecular weight is 161 g/mol. The van der Waals surface area contributed by atoms with E-state index in [4.69, 9.17) is 0 Å². The monoisotopic (exact) mass is 161 g/mol. The van der Waals surface area contributed by atoms with Crippen LogP contribution >= 0.6 is 0 Å². The van der Waals surface area contributed by atoms with Gasteiger partial charge in [0.15, 0.2) is 5.82 Å². The van der Waals surface area contributed by atoms with Gasteiger partial charge in [-0.3, -0.25) is 0 Å². The molecule has 12 heavy (non-hydrogen) atoms. The zero-order valence-corrected chi connectivity index (χ0v) is 7.23. The summed E-state index contributed by atoms with van der Waals surface area (Å²) >= 11 is 0. The number of rotatable bonds is 1. The SMILES string of the molecule is CN(C)c1cc2ccccn2n1. The standard InChI is InChI=1S/C9H11N3/c1-11(2)9-7-8-5-3-4-6-12(8)10-9/h3-7H,1-2H3. The van der Waals surface area contributed by atoms with Gasteiger partial charge in [0, 0.05) is 26.4 Å². The predicted molar refractivity (Wildman–Crippen MR) is 49.5 cm³/mol. The maximum Gasteiger partial charge on any atom is 0.151 e. The van der Waals surface area contributed by atoms with Gasteiger partial charge in [0.2, 0.25) is 0 Å². The first-order valence-corrected chi connectivity index (χ1v) is 3.89. The van der Waals surface area contributed by atoms with Crippen molar-refractivity contribution >= 4 is 11.3 Å². The van der Waals surface area contributed by atoms with Crippen LogP contribution in [-0.4, -0.2) is 23.7 Å². The summed E-state index contributed by atoms with van der Waals surface area (Å²) in [6.07, 6.45) is 1.95. The molecule has 0 atom stereocenters. The molecule has 0 unspecified atom stereocenters. The topological polar surface area (TPSA) is 20.5 Å². The molecule has 0 aliphatic heterocycles. The van der Waals surface area contributed by atoms with Gasteiger partial charge in [-0.2, -0.15) is 5.10 Å². The second-order valence-electron chi connectivity index (χ2n) is 2.97. The third-order valence-electron chi connectivity index (χ3n) is 1.82. The minimum atomic E-state index is 0.987. The van der Waals surface area contributed by atoms with Crippen LogP contribution in [0, 0.1) is 0 Å². The molecule has 0 amide bonds. The van der Waals surface area contributed by atoms with Gasteiger partial charge < -0.3 is 4.90 Å². The zero-order valence-electron chi connectivity index (χ0n) is 7.23. The van der Waals surface area contributed by atoms with Crippen molar-refractivity contribution in [1.29, 1.82) is 0 Å². The lowest BCUT2D eigenvalue weighted by Gasteiger charge is -2.05. The predicted octanol–water partition coefficient (Wildman–Crippen LogP) is 1.40. The lowest BCUT2D eigenvalue weighted by atomic mass is 10.4. The first kappa shape index (κ1) is 7.16. The van der Waals surface area contributed by atoms with Crippen LogP contribution < -0.4 is 4.90 Å². The van der Waals surface area contributed by atoms with Gasteiger partial charge >= 0.3 is 0 Å². The highest BCUT2D eigenvalue weighted by Gasteiger charge is 2.00. The lowest BCUT2D eigenvalue weighted by Crippen LogP contribution is -2.08. The Balaban J connectivity index is 2.62. The number of hydrogen-bond donors (Lipinski definition) is 0. The summed E-state index contributed by atoms with van der Waals surface area (Å²) in [4.78, 5) is 1.99. The van der Waals surface area contributed by atoms with Gasteiger partial charge in [-0.15, -0.1) is 0 Å². The normalized spacial score (nSPS) is 10.5. The van der Waals surface area contributed by atoms with Crippen molar-refractivity contribution in [3.05, 3.63) is 30.5 Å². The van der Waals surface area contributed by atoms with Gasteiger partial charge in [0.1, 0.15) is 0 Å². The Kier molecular flexibility index (Phi) is 1.50. The van der Waals surface area contributed by atoms with E-state index in [9.17, 15) is 0 Å². The Morgan fingerprint density at radius 1 is 1.33 bits per heavy atom. The van der Waals surface area contributed by atoms with E-state index in [2.05, 4.69) is 11.2 Å². The van der Waals surface area contributed by atoms with E-state index in [1.165, 1.54) is 0 Å². The van der Waals surface area contributed by atoms with E-state index in [0.29, 0.717) is 0 Å². The summed E-state index contributed by atoms with van der Waals surface area (Å²) in [6, 6.07) is 8.08. The molecule has 2 aromatic heterocycles. The van der Waals surface area contributed by atoms with Crippen LogP contribution in [-0.2, 0) is 0 Å². The Morgan fingerprint density at radius 2 is 2.17 bits per heavy atom. The fourth-order valence-corrected chi connectivity index (χ4v) is 1.14. The van der Waals surface area contributed by atoms with Crippen molar-refractivity contribution in [2.45, 2.75) is 0 Å². The summed E-state index contributed by atoms with van der Waals surface area (Å²) in [5.41, 5.74) is 1.13. The second-order valence-corrected chi connectivity index (χ2v) is 2.97. The smallest absolute Gasteiger partial charge is 0.151 e. The molecule has 0 bridgehead atoms. The van der Waals surface area contributed by atoms with Crippen LogP contribution in [0.3, 0.4) is 0 Å². The molecule has 0 fully saturated rings. The minimum Gasteiger partial charge on any atom is -0.361 e. The fourth-order valence-electron chi connectivity index (χ4n) is 1.14. The van der Waals surface area contributed by atoms with Crippen molar-refractivity contribution in [2.75, 3.05) is 19.0 Å². The maximum absolute atomic E-state index is 4.35. The third-order valence-corrected chi connectivity index (χ3v) is 1.82. The molecule has 2 rings (SSSR count). The van der Waals surface area contributed by atoms with E-state index >= 15 is 0 Å². The van der Waals surface area contributed by atoms with Crippen molar-refractivity contribution in [2.24, 2.45) is 0 Å². The molecule has 0 radical (unpaired) electrons. The molecule has 2 aromatic rings. The summed E-state index contributed by atoms with van der Waals surface area (Å²) < 4.78 is 1.87. The maximum atomic E-state index is 4.35. The summed E-state index contributed by atoms with van der Waals surface area (Å²) in [7, 11) is 3.98. The second kappa shape index (κ2) is 2.52. The lowest BCUT2D eigenvalue weighted by molar-refractivity contribution is 0.930. The third kappa shape index (κ3) is 1.03. The highest BCUT2D eigenvalue weighted by atomic mass is 15.3. The van der Waals surface area contributed by atoms with Gasteiger partial charge in [-0.1, -0.05) is 6.07 Å². The van der Waals surface area contributed by atoms with Gasteiger partial charge in [-0.25, -0.2) is 4.52 Å². The summed E-state index contributed by atoms with van der Waals surface area (Å²) in [6.45, 7) is 0. The Labute approximate surface area is 71.2 Å². The van der Waals surface area contributed by atoms with Crippen molar-refractivity contribution < 1.29 is 0 Å². The first-order chi connectivity index (χ1) is 5.77. The largest absolute Gasteiger partial charge is 0.361 e. The number of aromatic nitrogens is 2. The van der Waals surface area contributed by atoms with Crippen LogP contribution in [0.5, 0.6) is 0 Å². The molecular formula is C9H11N3. The van der Waals surface area contributed by atoms with E-state index in [0.717, 1.165) is 11.3 Å². The Bertz CT molecular complexity index is 356. The Hall–Kier alpha value is -1.51. The number of anilines is 1. The summed E-state index contributed by atoms with van der Waals surface area (Å²) in [5, 5.41) is 4.35. The average Bonchev–Trinajstić information content (AvgIpc) is 2.46. The first-order valence-electron chi connectivity index (χ1n) is 3.89. The van der Waals surface area contributed by atoms with E-state index in [-0.39, 0.29) is 0 Å². The molecule has 0 saturated heterocycles. The number of fused-ring (bicyclic) bond motifs is 1. The quantitative estimate of drug-likeness (QED) is 0.630. The highest BCUT2D eigenvalue weighted by molar-refractivity contribution is 5.55. The summed E-state index contributed by atoms with van der Waals surface area (Å²) in [5.74, 6) is 0.987. The van der Waals surface area contributed by atoms with Gasteiger partial charge in [0.05, 0.1) is 5.52 Å². The minimum absolute atomic E-state index is 0.987. The van der Waals surface area contributed by atoms with Gasteiger partial charge in [0.25, 0.3) is 0 Å². The van der Waals surface area contributed by atoms with E-state index in [1.54, 1.807) is 0 Å².